The number of sulfonamides is 2. The van der Waals surface area contributed by atoms with Gasteiger partial charge in [0.25, 0.3) is 10.0 Å². The van der Waals surface area contributed by atoms with Gasteiger partial charge >= 0.3 is 0 Å². The molecule has 2 aromatic carbocycles. The van der Waals surface area contributed by atoms with E-state index in [4.69, 9.17) is 14.6 Å². The number of ether oxygens (including phenoxy) is 2. The van der Waals surface area contributed by atoms with Gasteiger partial charge in [-0.25, -0.2) is 22.0 Å². The molecular weight excluding hydrogens is 392 g/mol. The summed E-state index contributed by atoms with van der Waals surface area (Å²) < 4.78 is 62.2. The molecule has 0 aromatic heterocycles. The molecule has 1 aliphatic rings. The maximum absolute atomic E-state index is 12.8. The monoisotopic (exact) mass is 412 g/mol. The minimum absolute atomic E-state index is 0.00669. The Hall–Kier alpha value is -2.30. The molecule has 3 N–H and O–H groups in total. The first kappa shape index (κ1) is 19.5. The van der Waals surface area contributed by atoms with Crippen molar-refractivity contribution in [1.29, 1.82) is 0 Å². The molecule has 2 aromatic rings. The van der Waals surface area contributed by atoms with Gasteiger partial charge in [0.2, 0.25) is 10.0 Å². The predicted octanol–water partition coefficient (Wildman–Crippen LogP) is 1.86. The Morgan fingerprint density at radius 3 is 2.56 bits per heavy atom. The molecule has 146 valence electrons. The highest BCUT2D eigenvalue weighted by molar-refractivity contribution is 7.93. The number of nitrogens with one attached hydrogen (secondary N) is 1. The maximum atomic E-state index is 12.8. The molecule has 0 fully saturated rings. The molecule has 0 aliphatic carbocycles. The highest BCUT2D eigenvalue weighted by Gasteiger charge is 2.25. The summed E-state index contributed by atoms with van der Waals surface area (Å²) in [6, 6.07) is 8.15. The zero-order valence-corrected chi connectivity index (χ0v) is 16.4. The van der Waals surface area contributed by atoms with Gasteiger partial charge in [0.1, 0.15) is 17.6 Å². The zero-order valence-electron chi connectivity index (χ0n) is 14.8. The van der Waals surface area contributed by atoms with Crippen molar-refractivity contribution < 1.29 is 26.3 Å². The topological polar surface area (TPSA) is 125 Å². The molecule has 0 saturated heterocycles. The largest absolute Gasteiger partial charge is 0.492 e. The van der Waals surface area contributed by atoms with Gasteiger partial charge in [0, 0.05) is 18.1 Å². The summed E-state index contributed by atoms with van der Waals surface area (Å²) in [6.07, 6.45) is 0.700. The molecule has 10 heteroatoms. The van der Waals surface area contributed by atoms with E-state index in [0.29, 0.717) is 24.5 Å². The number of primary sulfonamides is 1. The number of hydrogen-bond donors (Lipinski definition) is 2. The van der Waals surface area contributed by atoms with Crippen LogP contribution in [0.1, 0.15) is 19.4 Å². The number of hydrogen-bond acceptors (Lipinski definition) is 6. The van der Waals surface area contributed by atoms with Crippen molar-refractivity contribution in [2.45, 2.75) is 36.2 Å². The molecule has 1 heterocycles. The lowest BCUT2D eigenvalue weighted by Gasteiger charge is -2.15. The number of anilines is 1. The van der Waals surface area contributed by atoms with Crippen molar-refractivity contribution in [2.75, 3.05) is 11.3 Å². The van der Waals surface area contributed by atoms with Gasteiger partial charge in [-0.2, -0.15) is 0 Å². The van der Waals surface area contributed by atoms with Crippen LogP contribution in [0.5, 0.6) is 11.5 Å². The van der Waals surface area contributed by atoms with Gasteiger partial charge in [-0.05, 0) is 38.1 Å². The van der Waals surface area contributed by atoms with Crippen molar-refractivity contribution in [3.05, 3.63) is 42.0 Å². The lowest BCUT2D eigenvalue weighted by molar-refractivity contribution is 0.254. The fraction of sp³-hybridized carbons (Fsp3) is 0.294. The van der Waals surface area contributed by atoms with Crippen LogP contribution in [0.15, 0.2) is 46.2 Å². The summed E-state index contributed by atoms with van der Waals surface area (Å²) in [5.41, 5.74) is 1.15. The molecule has 27 heavy (non-hydrogen) atoms. The Kier molecular flexibility index (Phi) is 5.06. The van der Waals surface area contributed by atoms with Crippen LogP contribution in [0.3, 0.4) is 0 Å². The third-order valence-electron chi connectivity index (χ3n) is 3.99. The minimum Gasteiger partial charge on any atom is -0.492 e. The van der Waals surface area contributed by atoms with E-state index >= 15 is 0 Å². The van der Waals surface area contributed by atoms with Crippen LogP contribution < -0.4 is 19.3 Å². The molecule has 0 amide bonds. The van der Waals surface area contributed by atoms with E-state index in [-0.39, 0.29) is 21.6 Å². The summed E-state index contributed by atoms with van der Waals surface area (Å²) >= 11 is 0. The lowest BCUT2D eigenvalue weighted by Crippen LogP contribution is -2.16. The Bertz CT molecular complexity index is 1080. The van der Waals surface area contributed by atoms with Gasteiger partial charge in [0.05, 0.1) is 22.1 Å². The van der Waals surface area contributed by atoms with Gasteiger partial charge in [-0.1, -0.05) is 6.07 Å². The first-order valence-electron chi connectivity index (χ1n) is 8.22. The zero-order chi connectivity index (χ0) is 19.8. The third kappa shape index (κ3) is 4.18. The minimum atomic E-state index is -4.07. The van der Waals surface area contributed by atoms with E-state index in [9.17, 15) is 16.8 Å². The highest BCUT2D eigenvalue weighted by Crippen LogP contribution is 2.39. The number of nitrogens with two attached hydrogens (primary N) is 1. The highest BCUT2D eigenvalue weighted by atomic mass is 32.2. The van der Waals surface area contributed by atoms with Gasteiger partial charge in [-0.15, -0.1) is 0 Å². The third-order valence-corrected chi connectivity index (χ3v) is 6.26. The van der Waals surface area contributed by atoms with Gasteiger partial charge in [0.15, 0.2) is 0 Å². The van der Waals surface area contributed by atoms with Crippen molar-refractivity contribution in [3.63, 3.8) is 0 Å². The van der Waals surface area contributed by atoms with Gasteiger partial charge in [-0.3, -0.25) is 4.72 Å². The van der Waals surface area contributed by atoms with Crippen LogP contribution in [0, 0.1) is 0 Å². The summed E-state index contributed by atoms with van der Waals surface area (Å²) in [5, 5.41) is 5.08. The smallest absolute Gasteiger partial charge is 0.262 e. The lowest BCUT2D eigenvalue weighted by atomic mass is 10.1. The number of rotatable bonds is 6. The molecule has 1 unspecified atom stereocenters. The van der Waals surface area contributed by atoms with Crippen molar-refractivity contribution in [3.8, 4) is 11.5 Å². The fourth-order valence-corrected chi connectivity index (χ4v) is 4.56. The average Bonchev–Trinajstić information content (AvgIpc) is 2.93. The number of benzene rings is 2. The van der Waals surface area contributed by atoms with E-state index in [1.165, 1.54) is 18.2 Å². The van der Waals surface area contributed by atoms with Crippen LogP contribution >= 0.6 is 0 Å². The molecular formula is C17H20N2O6S2. The van der Waals surface area contributed by atoms with Crippen LogP contribution in [0.25, 0.3) is 0 Å². The Labute approximate surface area is 158 Å². The van der Waals surface area contributed by atoms with Gasteiger partial charge < -0.3 is 9.47 Å². The second-order valence-electron chi connectivity index (χ2n) is 6.15. The molecule has 1 aliphatic heterocycles. The first-order chi connectivity index (χ1) is 12.6. The quantitative estimate of drug-likeness (QED) is 0.746. The van der Waals surface area contributed by atoms with Crippen molar-refractivity contribution in [1.82, 2.24) is 0 Å². The van der Waals surface area contributed by atoms with E-state index < -0.39 is 20.0 Å². The summed E-state index contributed by atoms with van der Waals surface area (Å²) in [5.74, 6) is 0.960. The van der Waals surface area contributed by atoms with E-state index in [1.54, 1.807) is 19.1 Å². The second kappa shape index (κ2) is 7.02. The molecule has 1 atom stereocenters. The summed E-state index contributed by atoms with van der Waals surface area (Å²) in [4.78, 5) is -0.521. The SMILES string of the molecule is CCOc1cc2c(cc1NS(=O)(=O)c1cccc(S(N)(=O)=O)c1)OC(C)C2. The average molecular weight is 412 g/mol. The first-order valence-corrected chi connectivity index (χ1v) is 11.2. The van der Waals surface area contributed by atoms with Crippen molar-refractivity contribution in [2.24, 2.45) is 5.14 Å². The summed E-state index contributed by atoms with van der Waals surface area (Å²) in [6.45, 7) is 4.06. The Morgan fingerprint density at radius 2 is 1.89 bits per heavy atom. The molecule has 0 bridgehead atoms. The van der Waals surface area contributed by atoms with E-state index in [0.717, 1.165) is 11.6 Å². The van der Waals surface area contributed by atoms with Crippen molar-refractivity contribution >= 4 is 25.7 Å². The van der Waals surface area contributed by atoms with Crippen LogP contribution in [0.2, 0.25) is 0 Å². The second-order valence-corrected chi connectivity index (χ2v) is 9.39. The Morgan fingerprint density at radius 1 is 1.19 bits per heavy atom. The molecule has 0 radical (unpaired) electrons. The molecule has 8 nitrogen and oxygen atoms in total. The number of fused-ring (bicyclic) bond motifs is 1. The molecule has 0 saturated carbocycles. The van der Waals surface area contributed by atoms with E-state index in [2.05, 4.69) is 4.72 Å². The molecule has 3 rings (SSSR count). The molecule has 0 spiro atoms. The van der Waals surface area contributed by atoms with Crippen LogP contribution in [0.4, 0.5) is 5.69 Å². The normalized spacial score (nSPS) is 16.5. The Balaban J connectivity index is 2.00. The summed E-state index contributed by atoms with van der Waals surface area (Å²) in [7, 11) is -8.10. The van der Waals surface area contributed by atoms with Crippen LogP contribution in [-0.2, 0) is 26.5 Å². The fourth-order valence-electron chi connectivity index (χ4n) is 2.82. The standard InChI is InChI=1S/C17H20N2O6S2/c1-3-24-17-8-12-7-11(2)25-16(12)10-15(17)19-27(22,23)14-6-4-5-13(9-14)26(18,20)21/h4-6,8-11,19H,3,7H2,1-2H3,(H2,18,20,21). The van der Waals surface area contributed by atoms with Crippen LogP contribution in [-0.4, -0.2) is 29.5 Å². The predicted molar refractivity (Wildman–Crippen MR) is 100 cm³/mol. The van der Waals surface area contributed by atoms with E-state index in [1.807, 2.05) is 6.92 Å². The maximum Gasteiger partial charge on any atom is 0.262 e.